The third kappa shape index (κ3) is 2.05. The summed E-state index contributed by atoms with van der Waals surface area (Å²) in [6.07, 6.45) is 6.57. The zero-order valence-corrected chi connectivity index (χ0v) is 11.4. The lowest BCUT2D eigenvalue weighted by atomic mass is 9.62. The van der Waals surface area contributed by atoms with Crippen LogP contribution in [0.2, 0.25) is 0 Å². The fourth-order valence-electron chi connectivity index (χ4n) is 2.93. The molecule has 0 fully saturated rings. The summed E-state index contributed by atoms with van der Waals surface area (Å²) >= 11 is 0. The third-order valence-electron chi connectivity index (χ3n) is 4.05. The van der Waals surface area contributed by atoms with Crippen LogP contribution in [0.1, 0.15) is 29.7 Å². The third-order valence-corrected chi connectivity index (χ3v) is 4.05. The van der Waals surface area contributed by atoms with Crippen LogP contribution in [0.4, 0.5) is 0 Å². The van der Waals surface area contributed by atoms with Gasteiger partial charge in [-0.3, -0.25) is 0 Å². The number of fused-ring (bicyclic) bond motifs is 1. The van der Waals surface area contributed by atoms with Gasteiger partial charge in [0, 0.05) is 0 Å². The first-order chi connectivity index (χ1) is 9.77. The molecule has 0 amide bonds. The van der Waals surface area contributed by atoms with Crippen molar-refractivity contribution < 1.29 is 9.15 Å². The molecule has 1 aromatic heterocycles. The molecule has 2 aromatic rings. The van der Waals surface area contributed by atoms with E-state index in [2.05, 4.69) is 11.1 Å². The van der Waals surface area contributed by atoms with Gasteiger partial charge in [-0.2, -0.15) is 5.26 Å². The Hall–Kier alpha value is -2.28. The Bertz CT molecular complexity index is 643. The number of hydrogen-bond acceptors (Lipinski definition) is 4. The van der Waals surface area contributed by atoms with E-state index in [1.165, 1.54) is 12.0 Å². The Balaban J connectivity index is 1.69. The van der Waals surface area contributed by atoms with E-state index < -0.39 is 0 Å². The Morgan fingerprint density at radius 1 is 1.50 bits per heavy atom. The van der Waals surface area contributed by atoms with E-state index in [-0.39, 0.29) is 5.41 Å². The number of aryl methyl sites for hydroxylation is 1. The van der Waals surface area contributed by atoms with Crippen molar-refractivity contribution in [1.82, 2.24) is 4.98 Å². The zero-order chi connectivity index (χ0) is 14.0. The average molecular weight is 268 g/mol. The molecule has 0 radical (unpaired) electrons. The highest BCUT2D eigenvalue weighted by atomic mass is 16.5. The molecule has 1 heterocycles. The molecule has 0 aliphatic heterocycles. The van der Waals surface area contributed by atoms with Crippen molar-refractivity contribution in [3.63, 3.8) is 0 Å². The Morgan fingerprint density at radius 2 is 2.40 bits per heavy atom. The van der Waals surface area contributed by atoms with Gasteiger partial charge >= 0.3 is 0 Å². The normalized spacial score (nSPS) is 19.8. The number of aromatic nitrogens is 1. The number of ether oxygens (including phenoxy) is 1. The lowest BCUT2D eigenvalue weighted by molar-refractivity contribution is 0.400. The molecule has 4 heteroatoms. The van der Waals surface area contributed by atoms with Crippen molar-refractivity contribution >= 4 is 0 Å². The minimum absolute atomic E-state index is 0.328. The van der Waals surface area contributed by atoms with E-state index in [9.17, 15) is 5.26 Å². The van der Waals surface area contributed by atoms with Crippen molar-refractivity contribution in [2.45, 2.75) is 31.1 Å². The Kier molecular flexibility index (Phi) is 3.19. The molecule has 1 unspecified atom stereocenters. The molecule has 1 aromatic carbocycles. The molecule has 0 spiro atoms. The van der Waals surface area contributed by atoms with Gasteiger partial charge in [-0.05, 0) is 48.9 Å². The smallest absolute Gasteiger partial charge is 0.180 e. The molecule has 102 valence electrons. The fourth-order valence-corrected chi connectivity index (χ4v) is 2.93. The lowest BCUT2D eigenvalue weighted by Crippen LogP contribution is -2.37. The lowest BCUT2D eigenvalue weighted by Gasteiger charge is -2.38. The molecule has 1 atom stereocenters. The minimum atomic E-state index is -0.328. The summed E-state index contributed by atoms with van der Waals surface area (Å²) in [5.74, 6) is 0.859. The summed E-state index contributed by atoms with van der Waals surface area (Å²) in [6.45, 7) is 0. The minimum Gasteiger partial charge on any atom is -0.497 e. The predicted molar refractivity (Wildman–Crippen MR) is 73.4 cm³/mol. The first kappa shape index (κ1) is 12.7. The van der Waals surface area contributed by atoms with Gasteiger partial charge < -0.3 is 9.15 Å². The number of oxazole rings is 1. The van der Waals surface area contributed by atoms with E-state index in [1.807, 2.05) is 18.2 Å². The van der Waals surface area contributed by atoms with Crippen LogP contribution in [0.3, 0.4) is 0 Å². The second kappa shape index (κ2) is 5.01. The first-order valence-electron chi connectivity index (χ1n) is 6.73. The van der Waals surface area contributed by atoms with Crippen molar-refractivity contribution in [1.29, 1.82) is 5.26 Å². The quantitative estimate of drug-likeness (QED) is 0.836. The predicted octanol–water partition coefficient (Wildman–Crippen LogP) is 3.02. The molecule has 1 aliphatic rings. The topological polar surface area (TPSA) is 59.0 Å². The summed E-state index contributed by atoms with van der Waals surface area (Å²) < 4.78 is 10.2. The highest BCUT2D eigenvalue weighted by molar-refractivity contribution is 5.52. The maximum atomic E-state index is 9.55. The summed E-state index contributed by atoms with van der Waals surface area (Å²) in [6, 6.07) is 8.49. The van der Waals surface area contributed by atoms with Crippen LogP contribution in [0.15, 0.2) is 35.3 Å². The first-order valence-corrected chi connectivity index (χ1v) is 6.73. The SMILES string of the molecule is COc1ccc2c(c1)CC2(C#N)CCCc1cocn1. The second-order valence-electron chi connectivity index (χ2n) is 5.23. The van der Waals surface area contributed by atoms with E-state index >= 15 is 0 Å². The largest absolute Gasteiger partial charge is 0.497 e. The van der Waals surface area contributed by atoms with Crippen LogP contribution < -0.4 is 4.74 Å². The summed E-state index contributed by atoms with van der Waals surface area (Å²) in [5.41, 5.74) is 3.01. The molecule has 3 rings (SSSR count). The maximum Gasteiger partial charge on any atom is 0.180 e. The molecule has 0 bridgehead atoms. The van der Waals surface area contributed by atoms with Gasteiger partial charge in [-0.25, -0.2) is 4.98 Å². The molecule has 1 aliphatic carbocycles. The van der Waals surface area contributed by atoms with Crippen LogP contribution in [0.5, 0.6) is 5.75 Å². The van der Waals surface area contributed by atoms with Gasteiger partial charge in [0.1, 0.15) is 12.0 Å². The molecule has 20 heavy (non-hydrogen) atoms. The van der Waals surface area contributed by atoms with Crippen molar-refractivity contribution in [3.8, 4) is 11.8 Å². The van der Waals surface area contributed by atoms with Gasteiger partial charge in [0.25, 0.3) is 0 Å². The summed E-state index contributed by atoms with van der Waals surface area (Å²) in [4.78, 5) is 4.11. The summed E-state index contributed by atoms with van der Waals surface area (Å²) in [5, 5.41) is 9.55. The van der Waals surface area contributed by atoms with E-state index in [1.54, 1.807) is 13.4 Å². The van der Waals surface area contributed by atoms with Gasteiger partial charge in [-0.15, -0.1) is 0 Å². The van der Waals surface area contributed by atoms with Crippen LogP contribution in [-0.4, -0.2) is 12.1 Å². The summed E-state index contributed by atoms with van der Waals surface area (Å²) in [7, 11) is 1.66. The molecule has 0 saturated heterocycles. The zero-order valence-electron chi connectivity index (χ0n) is 11.4. The van der Waals surface area contributed by atoms with Crippen molar-refractivity contribution in [2.24, 2.45) is 0 Å². The second-order valence-corrected chi connectivity index (χ2v) is 5.23. The standard InChI is InChI=1S/C16H16N2O2/c1-19-14-4-5-15-12(7-14)8-16(15,10-17)6-2-3-13-9-20-11-18-13/h4-5,7,9,11H,2-3,6,8H2,1H3. The number of hydrogen-bond donors (Lipinski definition) is 0. The maximum absolute atomic E-state index is 9.55. The fraction of sp³-hybridized carbons (Fsp3) is 0.375. The van der Waals surface area contributed by atoms with E-state index in [0.29, 0.717) is 0 Å². The molecular weight excluding hydrogens is 252 g/mol. The Labute approximate surface area is 118 Å². The molecule has 4 nitrogen and oxygen atoms in total. The van der Waals surface area contributed by atoms with Gasteiger partial charge in [0.15, 0.2) is 6.39 Å². The molecule has 0 N–H and O–H groups in total. The molecular formula is C16H16N2O2. The van der Waals surface area contributed by atoms with Crippen LogP contribution >= 0.6 is 0 Å². The monoisotopic (exact) mass is 268 g/mol. The van der Waals surface area contributed by atoms with Gasteiger partial charge in [0.2, 0.25) is 0 Å². The number of nitrogens with zero attached hydrogens (tertiary/aromatic N) is 2. The molecule has 0 saturated carbocycles. The van der Waals surface area contributed by atoms with Crippen LogP contribution in [0.25, 0.3) is 0 Å². The number of nitriles is 1. The van der Waals surface area contributed by atoms with E-state index in [0.717, 1.165) is 42.7 Å². The number of rotatable bonds is 5. The Morgan fingerprint density at radius 3 is 3.05 bits per heavy atom. The van der Waals surface area contributed by atoms with Gasteiger partial charge in [0.05, 0.1) is 24.3 Å². The number of methoxy groups -OCH3 is 1. The highest BCUT2D eigenvalue weighted by Gasteiger charge is 2.42. The average Bonchev–Trinajstić information content (AvgIpc) is 2.96. The van der Waals surface area contributed by atoms with Crippen LogP contribution in [-0.2, 0) is 18.3 Å². The van der Waals surface area contributed by atoms with Crippen molar-refractivity contribution in [2.75, 3.05) is 7.11 Å². The van der Waals surface area contributed by atoms with E-state index in [4.69, 9.17) is 9.15 Å². The highest BCUT2D eigenvalue weighted by Crippen LogP contribution is 2.45. The van der Waals surface area contributed by atoms with Gasteiger partial charge in [-0.1, -0.05) is 6.07 Å². The van der Waals surface area contributed by atoms with Crippen LogP contribution in [0, 0.1) is 11.3 Å². The van der Waals surface area contributed by atoms with Crippen molar-refractivity contribution in [3.05, 3.63) is 47.7 Å². The number of benzene rings is 1.